The van der Waals surface area contributed by atoms with Crippen molar-refractivity contribution in [3.63, 3.8) is 0 Å². The molecule has 1 aromatic carbocycles. The summed E-state index contributed by atoms with van der Waals surface area (Å²) in [6.07, 6.45) is -6.55. The van der Waals surface area contributed by atoms with Crippen LogP contribution in [0.5, 0.6) is 5.75 Å². The maximum absolute atomic E-state index is 14.2. The third-order valence-electron chi connectivity index (χ3n) is 5.40. The van der Waals surface area contributed by atoms with Crippen LogP contribution in [0.3, 0.4) is 0 Å². The van der Waals surface area contributed by atoms with Crippen molar-refractivity contribution in [1.29, 1.82) is 0 Å². The van der Waals surface area contributed by atoms with E-state index in [4.69, 9.17) is 0 Å². The van der Waals surface area contributed by atoms with Gasteiger partial charge >= 0.3 is 6.36 Å². The van der Waals surface area contributed by atoms with Gasteiger partial charge in [0.05, 0.1) is 18.5 Å². The molecule has 2 aliphatic rings. The highest BCUT2D eigenvalue weighted by atomic mass is 19.4. The number of rotatable bonds is 6. The van der Waals surface area contributed by atoms with Crippen LogP contribution < -0.4 is 20.7 Å². The van der Waals surface area contributed by atoms with Crippen LogP contribution in [0.25, 0.3) is 0 Å². The number of amides is 2. The first-order valence-corrected chi connectivity index (χ1v) is 10.2. The third kappa shape index (κ3) is 6.06. The first kappa shape index (κ1) is 24.2. The number of hydrogen-bond donors (Lipinski definition) is 3. The van der Waals surface area contributed by atoms with Crippen molar-refractivity contribution in [1.82, 2.24) is 20.9 Å². The van der Waals surface area contributed by atoms with E-state index in [0.29, 0.717) is 13.0 Å². The smallest absolute Gasteiger partial charge is 0.403 e. The Hall–Kier alpha value is -2.47. The molecule has 0 aliphatic carbocycles. The quantitative estimate of drug-likeness (QED) is 0.563. The standard InChI is InChI=1S/C20H25F5N4O3/c1-10(2)17(11-3-4-15(13(22)7-11)32-20(23,24)25)28-18(31)14-8-16(30)27-19(26-14)29-6-5-12(21)9-29/h3-4,7,10,12,14,17,19,26H,5-6,8-9H2,1-2H3,(H,27,30)(H,28,31)/t12-,14?,17+,19?/m0/s1. The van der Waals surface area contributed by atoms with E-state index in [0.717, 1.165) is 12.1 Å². The lowest BCUT2D eigenvalue weighted by molar-refractivity contribution is -0.275. The number of benzene rings is 1. The van der Waals surface area contributed by atoms with Crippen LogP contribution in [0, 0.1) is 11.7 Å². The van der Waals surface area contributed by atoms with Crippen molar-refractivity contribution in [2.45, 2.75) is 57.6 Å². The normalized spacial score (nSPS) is 25.5. The van der Waals surface area contributed by atoms with Gasteiger partial charge in [0.2, 0.25) is 11.8 Å². The highest BCUT2D eigenvalue weighted by molar-refractivity contribution is 5.89. The van der Waals surface area contributed by atoms with Crippen LogP contribution in [-0.2, 0) is 9.59 Å². The summed E-state index contributed by atoms with van der Waals surface area (Å²) in [6, 6.07) is 1.32. The van der Waals surface area contributed by atoms with E-state index < -0.39 is 48.4 Å². The van der Waals surface area contributed by atoms with Gasteiger partial charge in [0.25, 0.3) is 0 Å². The predicted octanol–water partition coefficient (Wildman–Crippen LogP) is 2.34. The fourth-order valence-electron chi connectivity index (χ4n) is 3.84. The number of halogens is 5. The van der Waals surface area contributed by atoms with Crippen LogP contribution in [0.1, 0.15) is 38.3 Å². The molecule has 0 aromatic heterocycles. The number of carbonyl (C=O) groups excluding carboxylic acids is 2. The van der Waals surface area contributed by atoms with Gasteiger partial charge in [-0.3, -0.25) is 19.8 Å². The summed E-state index contributed by atoms with van der Waals surface area (Å²) >= 11 is 0. The molecule has 32 heavy (non-hydrogen) atoms. The average molecular weight is 464 g/mol. The average Bonchev–Trinajstić information content (AvgIpc) is 3.12. The second-order valence-electron chi connectivity index (χ2n) is 8.24. The minimum Gasteiger partial charge on any atom is -0.403 e. The Morgan fingerprint density at radius 3 is 2.59 bits per heavy atom. The van der Waals surface area contributed by atoms with Gasteiger partial charge in [-0.25, -0.2) is 8.78 Å². The van der Waals surface area contributed by atoms with Gasteiger partial charge in [0.1, 0.15) is 12.5 Å². The zero-order valence-corrected chi connectivity index (χ0v) is 17.5. The molecule has 2 fully saturated rings. The van der Waals surface area contributed by atoms with E-state index in [1.807, 2.05) is 0 Å². The summed E-state index contributed by atoms with van der Waals surface area (Å²) in [5.41, 5.74) is 0.247. The van der Waals surface area contributed by atoms with Gasteiger partial charge in [-0.2, -0.15) is 0 Å². The number of nitrogens with one attached hydrogen (secondary N) is 3. The number of ether oxygens (including phenoxy) is 1. The van der Waals surface area contributed by atoms with E-state index in [9.17, 15) is 31.5 Å². The molecule has 2 amide bonds. The van der Waals surface area contributed by atoms with Crippen LogP contribution in [0.15, 0.2) is 18.2 Å². The Labute approximate surface area is 181 Å². The minimum absolute atomic E-state index is 0.131. The van der Waals surface area contributed by atoms with Crippen molar-refractivity contribution in [3.8, 4) is 5.75 Å². The molecule has 2 unspecified atom stereocenters. The molecule has 0 radical (unpaired) electrons. The molecule has 7 nitrogen and oxygen atoms in total. The SMILES string of the molecule is CC(C)[C@@H](NC(=O)C1CC(=O)NC(N2CC[C@H](F)C2)N1)c1ccc(OC(F)(F)F)c(F)c1. The van der Waals surface area contributed by atoms with E-state index in [2.05, 4.69) is 20.7 Å². The second-order valence-corrected chi connectivity index (χ2v) is 8.24. The summed E-state index contributed by atoms with van der Waals surface area (Å²) in [7, 11) is 0. The van der Waals surface area contributed by atoms with Crippen LogP contribution in [0.4, 0.5) is 22.0 Å². The lowest BCUT2D eigenvalue weighted by Gasteiger charge is -2.37. The number of carbonyl (C=O) groups is 2. The number of hydrogen-bond acceptors (Lipinski definition) is 5. The highest BCUT2D eigenvalue weighted by Crippen LogP contribution is 2.30. The minimum atomic E-state index is -5.03. The number of nitrogens with zero attached hydrogens (tertiary/aromatic N) is 1. The van der Waals surface area contributed by atoms with Crippen molar-refractivity contribution in [2.75, 3.05) is 13.1 Å². The van der Waals surface area contributed by atoms with Crippen molar-refractivity contribution in [2.24, 2.45) is 5.92 Å². The third-order valence-corrected chi connectivity index (χ3v) is 5.40. The Morgan fingerprint density at radius 1 is 1.31 bits per heavy atom. The van der Waals surface area contributed by atoms with E-state index in [-0.39, 0.29) is 30.4 Å². The summed E-state index contributed by atoms with van der Waals surface area (Å²) < 4.78 is 68.4. The Balaban J connectivity index is 1.71. The summed E-state index contributed by atoms with van der Waals surface area (Å²) in [5, 5.41) is 8.40. The van der Waals surface area contributed by atoms with Gasteiger partial charge in [-0.05, 0) is 30.0 Å². The molecular weight excluding hydrogens is 439 g/mol. The van der Waals surface area contributed by atoms with Crippen LogP contribution in [0.2, 0.25) is 0 Å². The fraction of sp³-hybridized carbons (Fsp3) is 0.600. The lowest BCUT2D eigenvalue weighted by atomic mass is 9.95. The maximum Gasteiger partial charge on any atom is 0.573 e. The van der Waals surface area contributed by atoms with Gasteiger partial charge in [0.15, 0.2) is 11.6 Å². The molecule has 2 heterocycles. The monoisotopic (exact) mass is 464 g/mol. The van der Waals surface area contributed by atoms with Gasteiger partial charge in [-0.15, -0.1) is 13.2 Å². The molecule has 2 saturated heterocycles. The zero-order chi connectivity index (χ0) is 23.6. The molecule has 12 heteroatoms. The largest absolute Gasteiger partial charge is 0.573 e. The summed E-state index contributed by atoms with van der Waals surface area (Å²) in [6.45, 7) is 4.05. The number of likely N-dealkylation sites (tertiary alicyclic amines) is 1. The predicted molar refractivity (Wildman–Crippen MR) is 103 cm³/mol. The summed E-state index contributed by atoms with van der Waals surface area (Å²) in [4.78, 5) is 26.7. The molecule has 3 rings (SSSR count). The molecule has 0 bridgehead atoms. The molecule has 3 N–H and O–H groups in total. The second kappa shape index (κ2) is 9.57. The van der Waals surface area contributed by atoms with Crippen LogP contribution >= 0.6 is 0 Å². The molecule has 4 atom stereocenters. The molecule has 178 valence electrons. The molecule has 0 saturated carbocycles. The van der Waals surface area contributed by atoms with E-state index in [1.165, 1.54) is 6.07 Å². The van der Waals surface area contributed by atoms with E-state index >= 15 is 0 Å². The van der Waals surface area contributed by atoms with Crippen LogP contribution in [-0.4, -0.2) is 54.7 Å². The number of alkyl halides is 4. The zero-order valence-electron chi connectivity index (χ0n) is 17.5. The summed E-state index contributed by atoms with van der Waals surface area (Å²) in [5.74, 6) is -3.34. The first-order valence-electron chi connectivity index (χ1n) is 10.2. The molecule has 0 spiro atoms. The Kier molecular flexibility index (Phi) is 7.23. The molecule has 2 aliphatic heterocycles. The van der Waals surface area contributed by atoms with Crippen molar-refractivity contribution in [3.05, 3.63) is 29.6 Å². The maximum atomic E-state index is 14.2. The first-order chi connectivity index (χ1) is 14.9. The molecular formula is C20H25F5N4O3. The Bertz CT molecular complexity index is 851. The van der Waals surface area contributed by atoms with Gasteiger partial charge in [0, 0.05) is 13.1 Å². The van der Waals surface area contributed by atoms with Crippen molar-refractivity contribution >= 4 is 11.8 Å². The van der Waals surface area contributed by atoms with Crippen molar-refractivity contribution < 1.29 is 36.3 Å². The van der Waals surface area contributed by atoms with Gasteiger partial charge < -0.3 is 15.4 Å². The van der Waals surface area contributed by atoms with E-state index in [1.54, 1.807) is 18.7 Å². The van der Waals surface area contributed by atoms with Gasteiger partial charge in [-0.1, -0.05) is 19.9 Å². The fourth-order valence-corrected chi connectivity index (χ4v) is 3.84. The highest BCUT2D eigenvalue weighted by Gasteiger charge is 2.37. The topological polar surface area (TPSA) is 82.7 Å². The lowest BCUT2D eigenvalue weighted by Crippen LogP contribution is -2.66. The molecule has 1 aromatic rings. The Morgan fingerprint density at radius 2 is 2.03 bits per heavy atom.